The van der Waals surface area contributed by atoms with Crippen molar-refractivity contribution in [2.75, 3.05) is 7.11 Å². The zero-order valence-electron chi connectivity index (χ0n) is 16.0. The van der Waals surface area contributed by atoms with Gasteiger partial charge in [-0.15, -0.1) is 0 Å². The lowest BCUT2D eigenvalue weighted by atomic mass is 9.99. The van der Waals surface area contributed by atoms with Gasteiger partial charge in [0.05, 0.1) is 23.8 Å². The van der Waals surface area contributed by atoms with E-state index in [1.165, 1.54) is 25.3 Å². The van der Waals surface area contributed by atoms with Gasteiger partial charge in [0.2, 0.25) is 0 Å². The van der Waals surface area contributed by atoms with E-state index in [1.54, 1.807) is 22.9 Å². The van der Waals surface area contributed by atoms with Crippen molar-refractivity contribution in [3.63, 3.8) is 0 Å². The fourth-order valence-electron chi connectivity index (χ4n) is 2.98. The summed E-state index contributed by atoms with van der Waals surface area (Å²) in [5.74, 6) is -1.57. The van der Waals surface area contributed by atoms with Crippen LogP contribution in [0.5, 0.6) is 5.75 Å². The Labute approximate surface area is 161 Å². The van der Waals surface area contributed by atoms with Gasteiger partial charge in [0.1, 0.15) is 17.5 Å². The first kappa shape index (κ1) is 19.1. The number of methoxy groups -OCH3 is 1. The second-order valence-corrected chi connectivity index (χ2v) is 7.29. The highest BCUT2D eigenvalue weighted by molar-refractivity contribution is 6.16. The number of carbonyl (C=O) groups is 2. The Morgan fingerprint density at radius 1 is 1.21 bits per heavy atom. The number of nitrogens with zero attached hydrogens (tertiary/aromatic N) is 3. The molecule has 3 rings (SSSR count). The number of phenolic OH excluding ortho intramolecular Hbond substituents is 1. The van der Waals surface area contributed by atoms with Crippen LogP contribution in [0.25, 0.3) is 11.0 Å². The van der Waals surface area contributed by atoms with E-state index in [1.807, 2.05) is 20.8 Å². The number of ether oxygens (including phenoxy) is 1. The smallest absolute Gasteiger partial charge is 0.357 e. The molecule has 0 saturated carbocycles. The predicted molar refractivity (Wildman–Crippen MR) is 102 cm³/mol. The average Bonchev–Trinajstić information content (AvgIpc) is 3.04. The van der Waals surface area contributed by atoms with Gasteiger partial charge in [-0.05, 0) is 39.0 Å². The molecule has 7 nitrogen and oxygen atoms in total. The largest absolute Gasteiger partial charge is 0.507 e. The maximum absolute atomic E-state index is 13.1. The van der Waals surface area contributed by atoms with E-state index in [2.05, 4.69) is 11.1 Å². The number of hydrogen-bond acceptors (Lipinski definition) is 6. The Morgan fingerprint density at radius 2 is 1.89 bits per heavy atom. The van der Waals surface area contributed by atoms with Gasteiger partial charge < -0.3 is 14.4 Å². The third-order valence-electron chi connectivity index (χ3n) is 4.39. The molecule has 0 aliphatic heterocycles. The second-order valence-electron chi connectivity index (χ2n) is 7.29. The molecule has 0 bridgehead atoms. The zero-order valence-corrected chi connectivity index (χ0v) is 16.0. The molecule has 0 radical (unpaired) electrons. The van der Waals surface area contributed by atoms with E-state index in [9.17, 15) is 20.0 Å². The van der Waals surface area contributed by atoms with Crippen LogP contribution in [-0.2, 0) is 10.3 Å². The summed E-state index contributed by atoms with van der Waals surface area (Å²) in [5, 5.41) is 20.0. The molecule has 1 N–H and O–H groups in total. The van der Waals surface area contributed by atoms with E-state index in [4.69, 9.17) is 4.74 Å². The summed E-state index contributed by atoms with van der Waals surface area (Å²) in [6.07, 6.45) is 1.65. The minimum absolute atomic E-state index is 0.0302. The highest BCUT2D eigenvalue weighted by Crippen LogP contribution is 2.30. The van der Waals surface area contributed by atoms with Crippen LogP contribution in [0.3, 0.4) is 0 Å². The number of ketones is 1. The van der Waals surface area contributed by atoms with Crippen molar-refractivity contribution in [2.45, 2.75) is 26.3 Å². The summed E-state index contributed by atoms with van der Waals surface area (Å²) in [7, 11) is 1.20. The number of aromatic hydroxyl groups is 1. The number of fused-ring (bicyclic) bond motifs is 1. The Balaban J connectivity index is 2.37. The van der Waals surface area contributed by atoms with Gasteiger partial charge in [-0.1, -0.05) is 12.1 Å². The lowest BCUT2D eigenvalue weighted by molar-refractivity contribution is 0.0591. The molecule has 1 aromatic carbocycles. The van der Waals surface area contributed by atoms with Crippen molar-refractivity contribution in [3.8, 4) is 11.8 Å². The van der Waals surface area contributed by atoms with Gasteiger partial charge in [0.15, 0.2) is 11.5 Å². The highest BCUT2D eigenvalue weighted by atomic mass is 16.5. The summed E-state index contributed by atoms with van der Waals surface area (Å²) in [5.41, 5.74) is 0.151. The van der Waals surface area contributed by atoms with E-state index >= 15 is 0 Å². The van der Waals surface area contributed by atoms with E-state index in [0.29, 0.717) is 16.6 Å². The molecule has 7 heteroatoms. The Bertz CT molecular complexity index is 1150. The van der Waals surface area contributed by atoms with E-state index in [0.717, 1.165) is 0 Å². The van der Waals surface area contributed by atoms with Crippen LogP contribution in [0.1, 0.15) is 52.7 Å². The molecule has 142 valence electrons. The number of benzene rings is 1. The van der Waals surface area contributed by atoms with E-state index in [-0.39, 0.29) is 22.6 Å². The Kier molecular flexibility index (Phi) is 4.65. The van der Waals surface area contributed by atoms with Gasteiger partial charge in [0, 0.05) is 17.1 Å². The van der Waals surface area contributed by atoms with Crippen molar-refractivity contribution < 1.29 is 19.4 Å². The monoisotopic (exact) mass is 377 g/mol. The maximum Gasteiger partial charge on any atom is 0.357 e. The van der Waals surface area contributed by atoms with Gasteiger partial charge in [-0.2, -0.15) is 5.26 Å². The summed E-state index contributed by atoms with van der Waals surface area (Å²) < 4.78 is 6.59. The van der Waals surface area contributed by atoms with Gasteiger partial charge >= 0.3 is 5.97 Å². The topological polar surface area (TPSA) is 105 Å². The highest BCUT2D eigenvalue weighted by Gasteiger charge is 2.27. The number of hydrogen-bond donors (Lipinski definition) is 1. The van der Waals surface area contributed by atoms with Crippen LogP contribution in [0.4, 0.5) is 0 Å². The van der Waals surface area contributed by atoms with Crippen molar-refractivity contribution in [2.24, 2.45) is 0 Å². The Morgan fingerprint density at radius 3 is 2.46 bits per heavy atom. The van der Waals surface area contributed by atoms with Gasteiger partial charge in [0.25, 0.3) is 0 Å². The van der Waals surface area contributed by atoms with Crippen LogP contribution in [0, 0.1) is 11.3 Å². The molecule has 0 amide bonds. The van der Waals surface area contributed by atoms with Gasteiger partial charge in [-0.25, -0.2) is 9.78 Å². The summed E-state index contributed by atoms with van der Waals surface area (Å²) >= 11 is 0. The van der Waals surface area contributed by atoms with Crippen LogP contribution < -0.4 is 0 Å². The van der Waals surface area contributed by atoms with Crippen LogP contribution in [0.15, 0.2) is 36.5 Å². The van der Waals surface area contributed by atoms with Crippen molar-refractivity contribution in [1.82, 2.24) is 9.55 Å². The van der Waals surface area contributed by atoms with Crippen molar-refractivity contribution >= 4 is 22.8 Å². The summed E-state index contributed by atoms with van der Waals surface area (Å²) in [4.78, 5) is 29.8. The fourth-order valence-corrected chi connectivity index (χ4v) is 2.98. The SMILES string of the molecule is COC(=O)c1nc2c(cc1C(=O)c1ccccc1O)c(C#N)cn2C(C)(C)C. The molecule has 0 unspecified atom stereocenters. The third kappa shape index (κ3) is 3.09. The molecule has 2 heterocycles. The minimum atomic E-state index is -0.777. The summed E-state index contributed by atoms with van der Waals surface area (Å²) in [6, 6.07) is 9.60. The van der Waals surface area contributed by atoms with Crippen LogP contribution in [0.2, 0.25) is 0 Å². The fraction of sp³-hybridized carbons (Fsp3) is 0.238. The third-order valence-corrected chi connectivity index (χ3v) is 4.39. The lowest BCUT2D eigenvalue weighted by Gasteiger charge is -2.22. The first-order chi connectivity index (χ1) is 13.2. The summed E-state index contributed by atoms with van der Waals surface area (Å²) in [6.45, 7) is 5.82. The minimum Gasteiger partial charge on any atom is -0.507 e. The standard InChI is InChI=1S/C21H19N3O4/c1-21(2,3)24-11-12(10-22)14-9-15(17(20(27)28-4)23-19(14)24)18(26)13-7-5-6-8-16(13)25/h5-9,11,25H,1-4H3. The number of esters is 1. The average molecular weight is 377 g/mol. The molecule has 0 fully saturated rings. The van der Waals surface area contributed by atoms with Gasteiger partial charge in [-0.3, -0.25) is 4.79 Å². The van der Waals surface area contributed by atoms with Crippen molar-refractivity contribution in [1.29, 1.82) is 5.26 Å². The number of carbonyl (C=O) groups excluding carboxylic acids is 2. The quantitative estimate of drug-likeness (QED) is 0.554. The number of nitriles is 1. The number of aromatic nitrogens is 2. The van der Waals surface area contributed by atoms with Crippen LogP contribution in [-0.4, -0.2) is 33.5 Å². The number of rotatable bonds is 3. The maximum atomic E-state index is 13.1. The lowest BCUT2D eigenvalue weighted by Crippen LogP contribution is -2.22. The predicted octanol–water partition coefficient (Wildman–Crippen LogP) is 3.39. The molecule has 28 heavy (non-hydrogen) atoms. The Hall–Kier alpha value is -3.66. The first-order valence-electron chi connectivity index (χ1n) is 8.56. The van der Waals surface area contributed by atoms with Crippen LogP contribution >= 0.6 is 0 Å². The molecular formula is C21H19N3O4. The van der Waals surface area contributed by atoms with E-state index < -0.39 is 17.3 Å². The molecule has 0 saturated heterocycles. The molecule has 0 atom stereocenters. The number of para-hydroxylation sites is 1. The molecule has 0 spiro atoms. The first-order valence-corrected chi connectivity index (χ1v) is 8.56. The normalized spacial score (nSPS) is 11.2. The number of phenols is 1. The molecule has 0 aliphatic carbocycles. The molecule has 0 aliphatic rings. The number of pyridine rings is 1. The van der Waals surface area contributed by atoms with Crippen molar-refractivity contribution in [3.05, 3.63) is 58.9 Å². The molecule has 2 aromatic heterocycles. The second kappa shape index (κ2) is 6.82. The molecule has 3 aromatic rings. The molecular weight excluding hydrogens is 358 g/mol. The zero-order chi connectivity index (χ0) is 20.6.